The minimum Gasteiger partial charge on any atom is -0.489 e. The van der Waals surface area contributed by atoms with Gasteiger partial charge >= 0.3 is 0 Å². The summed E-state index contributed by atoms with van der Waals surface area (Å²) < 4.78 is 5.21. The van der Waals surface area contributed by atoms with Crippen LogP contribution in [0.2, 0.25) is 0 Å². The van der Waals surface area contributed by atoms with Gasteiger partial charge < -0.3 is 4.74 Å². The summed E-state index contributed by atoms with van der Waals surface area (Å²) in [5.41, 5.74) is 1.03. The lowest BCUT2D eigenvalue weighted by Gasteiger charge is -2.00. The Bertz CT molecular complexity index is 363. The lowest BCUT2D eigenvalue weighted by Crippen LogP contribution is -2.02. The van der Waals surface area contributed by atoms with Crippen LogP contribution in [0.5, 0.6) is 0 Å². The summed E-state index contributed by atoms with van der Waals surface area (Å²) in [6.07, 6.45) is 2.72. The molecule has 2 rings (SSSR count). The predicted octanol–water partition coefficient (Wildman–Crippen LogP) is 2.54. The summed E-state index contributed by atoms with van der Waals surface area (Å²) in [6, 6.07) is 1.95. The van der Waals surface area contributed by atoms with Gasteiger partial charge in [0.25, 0.3) is 0 Å². The molecule has 0 saturated carbocycles. The number of Topliss-reactive ketones (excluding diaryl/α,β-unsaturated/α-hetero) is 1. The molecule has 1 aromatic rings. The maximum absolute atomic E-state index is 11.7. The maximum Gasteiger partial charge on any atom is 0.237 e. The first-order valence-electron chi connectivity index (χ1n) is 4.21. The van der Waals surface area contributed by atoms with Gasteiger partial charge in [-0.3, -0.25) is 4.79 Å². The number of hydrogen-bond donors (Lipinski definition) is 0. The predicted molar refractivity (Wildman–Crippen MR) is 52.0 cm³/mol. The summed E-state index contributed by atoms with van der Waals surface area (Å²) in [5.74, 6) is 0.551. The second kappa shape index (κ2) is 3.34. The van der Waals surface area contributed by atoms with Crippen molar-refractivity contribution in [2.45, 2.75) is 13.3 Å². The average molecular weight is 194 g/mol. The van der Waals surface area contributed by atoms with Crippen LogP contribution in [0.4, 0.5) is 0 Å². The Hall–Kier alpha value is -1.09. The standard InChI is InChI=1S/C10H10O2S/c1-7-4-6-13-10(7)9(11)8-3-2-5-12-8/h3-4,6H,2,5H2,1H3. The molecule has 2 nitrogen and oxygen atoms in total. The number of thiophene rings is 1. The molecule has 3 heteroatoms. The highest BCUT2D eigenvalue weighted by Gasteiger charge is 2.19. The van der Waals surface area contributed by atoms with Crippen LogP contribution >= 0.6 is 11.3 Å². The van der Waals surface area contributed by atoms with Crippen molar-refractivity contribution < 1.29 is 9.53 Å². The van der Waals surface area contributed by atoms with Gasteiger partial charge in [0.05, 0.1) is 11.5 Å². The first-order valence-corrected chi connectivity index (χ1v) is 5.09. The third kappa shape index (κ3) is 1.52. The fourth-order valence-corrected chi connectivity index (χ4v) is 2.16. The fourth-order valence-electron chi connectivity index (χ4n) is 1.29. The number of carbonyl (C=O) groups is 1. The molecule has 2 heterocycles. The quantitative estimate of drug-likeness (QED) is 0.676. The van der Waals surface area contributed by atoms with E-state index < -0.39 is 0 Å². The zero-order valence-electron chi connectivity index (χ0n) is 7.37. The number of allylic oxidation sites excluding steroid dienone is 1. The highest BCUT2D eigenvalue weighted by molar-refractivity contribution is 7.12. The number of ketones is 1. The molecule has 0 amide bonds. The van der Waals surface area contributed by atoms with E-state index in [1.807, 2.05) is 24.4 Å². The van der Waals surface area contributed by atoms with Crippen LogP contribution in [0.3, 0.4) is 0 Å². The second-order valence-electron chi connectivity index (χ2n) is 2.97. The molecule has 0 N–H and O–H groups in total. The summed E-state index contributed by atoms with van der Waals surface area (Å²) in [7, 11) is 0. The van der Waals surface area contributed by atoms with E-state index in [-0.39, 0.29) is 5.78 Å². The summed E-state index contributed by atoms with van der Waals surface area (Å²) >= 11 is 1.47. The summed E-state index contributed by atoms with van der Waals surface area (Å²) in [5, 5.41) is 1.93. The molecular weight excluding hydrogens is 184 g/mol. The van der Waals surface area contributed by atoms with Gasteiger partial charge in [0.1, 0.15) is 0 Å². The molecule has 0 aromatic carbocycles. The molecule has 13 heavy (non-hydrogen) atoms. The Labute approximate surface area is 80.8 Å². The molecule has 1 aliphatic rings. The molecule has 68 valence electrons. The smallest absolute Gasteiger partial charge is 0.237 e. The third-order valence-corrected chi connectivity index (χ3v) is 3.01. The first-order chi connectivity index (χ1) is 6.29. The van der Waals surface area contributed by atoms with Crippen molar-refractivity contribution in [3.63, 3.8) is 0 Å². The van der Waals surface area contributed by atoms with E-state index in [0.29, 0.717) is 12.4 Å². The largest absolute Gasteiger partial charge is 0.489 e. The maximum atomic E-state index is 11.7. The molecule has 0 aliphatic carbocycles. The minimum absolute atomic E-state index is 0.0324. The zero-order valence-corrected chi connectivity index (χ0v) is 8.19. The Balaban J connectivity index is 2.27. The number of carbonyl (C=O) groups excluding carboxylic acids is 1. The molecule has 1 aromatic heterocycles. The van der Waals surface area contributed by atoms with E-state index in [0.717, 1.165) is 16.9 Å². The topological polar surface area (TPSA) is 26.3 Å². The van der Waals surface area contributed by atoms with Crippen molar-refractivity contribution in [2.75, 3.05) is 6.61 Å². The fraction of sp³-hybridized carbons (Fsp3) is 0.300. The van der Waals surface area contributed by atoms with Crippen molar-refractivity contribution in [1.29, 1.82) is 0 Å². The van der Waals surface area contributed by atoms with Crippen LogP contribution in [0.25, 0.3) is 0 Å². The van der Waals surface area contributed by atoms with Crippen molar-refractivity contribution in [2.24, 2.45) is 0 Å². The van der Waals surface area contributed by atoms with Crippen molar-refractivity contribution in [3.05, 3.63) is 33.7 Å². The molecule has 1 aliphatic heterocycles. The van der Waals surface area contributed by atoms with Crippen molar-refractivity contribution in [3.8, 4) is 0 Å². The van der Waals surface area contributed by atoms with Gasteiger partial charge in [-0.15, -0.1) is 11.3 Å². The van der Waals surface area contributed by atoms with E-state index >= 15 is 0 Å². The Morgan fingerprint density at radius 1 is 1.62 bits per heavy atom. The van der Waals surface area contributed by atoms with E-state index in [1.165, 1.54) is 11.3 Å². The lowest BCUT2D eigenvalue weighted by atomic mass is 10.2. The summed E-state index contributed by atoms with van der Waals surface area (Å²) in [4.78, 5) is 12.5. The minimum atomic E-state index is 0.0324. The van der Waals surface area contributed by atoms with Gasteiger partial charge in [0, 0.05) is 6.42 Å². The molecular formula is C10H10O2S. The molecule has 0 saturated heterocycles. The SMILES string of the molecule is Cc1ccsc1C(=O)C1=CCCO1. The Morgan fingerprint density at radius 3 is 3.00 bits per heavy atom. The Kier molecular flexibility index (Phi) is 2.19. The van der Waals surface area contributed by atoms with Gasteiger partial charge in [0.2, 0.25) is 5.78 Å². The van der Waals surface area contributed by atoms with E-state index in [9.17, 15) is 4.79 Å². The molecule has 0 unspecified atom stereocenters. The molecule has 0 fully saturated rings. The van der Waals surface area contributed by atoms with Gasteiger partial charge in [-0.25, -0.2) is 0 Å². The van der Waals surface area contributed by atoms with Crippen LogP contribution in [0.1, 0.15) is 21.7 Å². The van der Waals surface area contributed by atoms with Gasteiger partial charge in [-0.1, -0.05) is 0 Å². The van der Waals surface area contributed by atoms with E-state index in [1.54, 1.807) is 0 Å². The zero-order chi connectivity index (χ0) is 9.26. The van der Waals surface area contributed by atoms with Crippen LogP contribution in [0.15, 0.2) is 23.3 Å². The van der Waals surface area contributed by atoms with Crippen LogP contribution in [-0.2, 0) is 4.74 Å². The normalized spacial score (nSPS) is 15.3. The van der Waals surface area contributed by atoms with E-state index in [2.05, 4.69) is 0 Å². The highest BCUT2D eigenvalue weighted by atomic mass is 32.1. The molecule has 0 atom stereocenters. The number of hydrogen-bond acceptors (Lipinski definition) is 3. The molecule has 0 bridgehead atoms. The van der Waals surface area contributed by atoms with Gasteiger partial charge in [-0.2, -0.15) is 0 Å². The molecule has 0 radical (unpaired) electrons. The highest BCUT2D eigenvalue weighted by Crippen LogP contribution is 2.22. The molecule has 0 spiro atoms. The van der Waals surface area contributed by atoms with Crippen molar-refractivity contribution >= 4 is 17.1 Å². The summed E-state index contributed by atoms with van der Waals surface area (Å²) in [6.45, 7) is 2.59. The van der Waals surface area contributed by atoms with Crippen LogP contribution < -0.4 is 0 Å². The van der Waals surface area contributed by atoms with Gasteiger partial charge in [-0.05, 0) is 30.0 Å². The number of aryl methyl sites for hydroxylation is 1. The average Bonchev–Trinajstić information content (AvgIpc) is 2.72. The lowest BCUT2D eigenvalue weighted by molar-refractivity contribution is 0.0945. The van der Waals surface area contributed by atoms with Crippen LogP contribution in [0, 0.1) is 6.92 Å². The van der Waals surface area contributed by atoms with Gasteiger partial charge in [0.15, 0.2) is 5.76 Å². The first kappa shape index (κ1) is 8.51. The van der Waals surface area contributed by atoms with Crippen molar-refractivity contribution in [1.82, 2.24) is 0 Å². The third-order valence-electron chi connectivity index (χ3n) is 2.00. The van der Waals surface area contributed by atoms with E-state index in [4.69, 9.17) is 4.74 Å². The monoisotopic (exact) mass is 194 g/mol. The second-order valence-corrected chi connectivity index (χ2v) is 3.88. The van der Waals surface area contributed by atoms with Crippen LogP contribution in [-0.4, -0.2) is 12.4 Å². The Morgan fingerprint density at radius 2 is 2.46 bits per heavy atom. The number of rotatable bonds is 2. The number of ether oxygens (including phenoxy) is 1.